The molecule has 0 radical (unpaired) electrons. The first-order chi connectivity index (χ1) is 9.13. The summed E-state index contributed by atoms with van der Waals surface area (Å²) < 4.78 is 26.3. The monoisotopic (exact) mass is 265 g/mol. The molecule has 1 aromatic rings. The molecule has 0 saturated carbocycles. The summed E-state index contributed by atoms with van der Waals surface area (Å²) in [6.07, 6.45) is 2.62. The molecule has 19 heavy (non-hydrogen) atoms. The normalized spacial score (nSPS) is 21.4. The Labute approximate surface area is 109 Å². The summed E-state index contributed by atoms with van der Waals surface area (Å²) in [5, 5.41) is 3.18. The summed E-state index contributed by atoms with van der Waals surface area (Å²) >= 11 is 0. The van der Waals surface area contributed by atoms with Crippen molar-refractivity contribution in [3.8, 4) is 0 Å². The van der Waals surface area contributed by atoms with Crippen molar-refractivity contribution in [3.05, 3.63) is 29.8 Å². The number of hydrogen-bond acceptors (Lipinski definition) is 3. The zero-order valence-electron chi connectivity index (χ0n) is 10.2. The molecule has 100 valence electrons. The third kappa shape index (κ3) is 1.83. The Morgan fingerprint density at radius 1 is 1.21 bits per heavy atom. The molecule has 1 saturated heterocycles. The van der Waals surface area contributed by atoms with Crippen LogP contribution in [0.15, 0.2) is 23.2 Å². The van der Waals surface area contributed by atoms with E-state index in [1.54, 1.807) is 4.90 Å². The van der Waals surface area contributed by atoms with Crippen LogP contribution in [-0.4, -0.2) is 30.9 Å². The van der Waals surface area contributed by atoms with Gasteiger partial charge in [0.2, 0.25) is 0 Å². The van der Waals surface area contributed by atoms with E-state index in [4.69, 9.17) is 0 Å². The van der Waals surface area contributed by atoms with Crippen molar-refractivity contribution in [2.45, 2.75) is 18.4 Å². The zero-order chi connectivity index (χ0) is 13.5. The quantitative estimate of drug-likeness (QED) is 0.836. The molecule has 2 aliphatic rings. The van der Waals surface area contributed by atoms with E-state index >= 15 is 0 Å². The van der Waals surface area contributed by atoms with Gasteiger partial charge in [0, 0.05) is 11.8 Å². The van der Waals surface area contributed by atoms with E-state index in [1.807, 2.05) is 0 Å². The summed E-state index contributed by atoms with van der Waals surface area (Å²) in [6.45, 7) is 1.41. The molecule has 6 heteroatoms. The number of piperidine rings is 1. The third-order valence-electron chi connectivity index (χ3n) is 3.76. The summed E-state index contributed by atoms with van der Waals surface area (Å²) in [4.78, 5) is 17.6. The Balaban J connectivity index is 2.00. The van der Waals surface area contributed by atoms with Gasteiger partial charge in [0.1, 0.15) is 5.54 Å². The molecule has 0 aliphatic carbocycles. The lowest BCUT2D eigenvalue weighted by Gasteiger charge is -2.39. The molecule has 1 N–H and O–H groups in total. The molecule has 0 aromatic heterocycles. The van der Waals surface area contributed by atoms with E-state index in [2.05, 4.69) is 10.3 Å². The van der Waals surface area contributed by atoms with Crippen LogP contribution in [0.1, 0.15) is 12.8 Å². The van der Waals surface area contributed by atoms with Gasteiger partial charge in [-0.2, -0.15) is 0 Å². The van der Waals surface area contributed by atoms with E-state index in [1.165, 1.54) is 12.4 Å². The van der Waals surface area contributed by atoms with E-state index in [-0.39, 0.29) is 5.91 Å². The SMILES string of the molecule is O=C1N=CN(c2ccc(F)c(F)c2)C12CCNCC2. The van der Waals surface area contributed by atoms with Gasteiger partial charge in [-0.1, -0.05) is 0 Å². The molecule has 2 heterocycles. The molecule has 1 fully saturated rings. The highest BCUT2D eigenvalue weighted by Crippen LogP contribution is 2.35. The van der Waals surface area contributed by atoms with E-state index in [0.717, 1.165) is 12.1 Å². The third-order valence-corrected chi connectivity index (χ3v) is 3.76. The highest BCUT2D eigenvalue weighted by atomic mass is 19.2. The predicted octanol–water partition coefficient (Wildman–Crippen LogP) is 1.46. The second-order valence-corrected chi connectivity index (χ2v) is 4.80. The highest BCUT2D eigenvalue weighted by molar-refractivity contribution is 6.08. The predicted molar refractivity (Wildman–Crippen MR) is 67.2 cm³/mol. The van der Waals surface area contributed by atoms with Gasteiger partial charge in [0.05, 0.1) is 6.34 Å². The molecule has 4 nitrogen and oxygen atoms in total. The first-order valence-electron chi connectivity index (χ1n) is 6.17. The van der Waals surface area contributed by atoms with Crippen molar-refractivity contribution in [3.63, 3.8) is 0 Å². The summed E-state index contributed by atoms with van der Waals surface area (Å²) in [5.41, 5.74) is -0.286. The fourth-order valence-electron chi connectivity index (χ4n) is 2.69. The van der Waals surface area contributed by atoms with E-state index in [9.17, 15) is 13.6 Å². The van der Waals surface area contributed by atoms with E-state index < -0.39 is 17.2 Å². The number of carbonyl (C=O) groups excluding carboxylic acids is 1. The lowest BCUT2D eigenvalue weighted by atomic mass is 9.86. The van der Waals surface area contributed by atoms with Crippen LogP contribution in [0.3, 0.4) is 0 Å². The van der Waals surface area contributed by atoms with Crippen molar-refractivity contribution in [2.24, 2.45) is 4.99 Å². The number of benzene rings is 1. The molecule has 1 spiro atoms. The van der Waals surface area contributed by atoms with Crippen molar-refractivity contribution < 1.29 is 13.6 Å². The number of hydrogen-bond donors (Lipinski definition) is 1. The van der Waals surface area contributed by atoms with Crippen molar-refractivity contribution >= 4 is 17.9 Å². The van der Waals surface area contributed by atoms with Gasteiger partial charge in [-0.3, -0.25) is 4.79 Å². The Kier molecular flexibility index (Phi) is 2.82. The molecule has 0 unspecified atom stereocenters. The molecular formula is C13H13F2N3O. The van der Waals surface area contributed by atoms with Crippen LogP contribution in [0.4, 0.5) is 14.5 Å². The molecular weight excluding hydrogens is 252 g/mol. The van der Waals surface area contributed by atoms with Gasteiger partial charge in [-0.15, -0.1) is 0 Å². The van der Waals surface area contributed by atoms with Crippen LogP contribution in [0, 0.1) is 11.6 Å². The Hall–Kier alpha value is -1.82. The average Bonchev–Trinajstić information content (AvgIpc) is 2.72. The number of nitrogens with zero attached hydrogens (tertiary/aromatic N) is 2. The Morgan fingerprint density at radius 3 is 2.63 bits per heavy atom. The standard InChI is InChI=1S/C13H13F2N3O/c14-10-2-1-9(7-11(10)15)18-8-17-12(19)13(18)3-5-16-6-4-13/h1-2,7-8,16H,3-6H2. The average molecular weight is 265 g/mol. The van der Waals surface area contributed by atoms with Crippen LogP contribution in [-0.2, 0) is 4.79 Å². The fraction of sp³-hybridized carbons (Fsp3) is 0.385. The molecule has 1 aromatic carbocycles. The topological polar surface area (TPSA) is 44.7 Å². The summed E-state index contributed by atoms with van der Waals surface area (Å²) in [5.74, 6) is -2.03. The smallest absolute Gasteiger partial charge is 0.273 e. The zero-order valence-corrected chi connectivity index (χ0v) is 10.2. The Morgan fingerprint density at radius 2 is 1.95 bits per heavy atom. The summed E-state index contributed by atoms with van der Waals surface area (Å²) in [6, 6.07) is 3.63. The lowest BCUT2D eigenvalue weighted by Crippen LogP contribution is -2.55. The lowest BCUT2D eigenvalue weighted by molar-refractivity contribution is -0.122. The molecule has 1 amide bonds. The number of rotatable bonds is 1. The maximum Gasteiger partial charge on any atom is 0.273 e. The molecule has 3 rings (SSSR count). The molecule has 0 atom stereocenters. The number of aliphatic imine (C=N–C) groups is 1. The largest absolute Gasteiger partial charge is 0.317 e. The van der Waals surface area contributed by atoms with Crippen LogP contribution < -0.4 is 10.2 Å². The van der Waals surface area contributed by atoms with Gasteiger partial charge in [0.25, 0.3) is 5.91 Å². The van der Waals surface area contributed by atoms with Crippen molar-refractivity contribution in [1.82, 2.24) is 5.32 Å². The minimum atomic E-state index is -0.922. The number of nitrogens with one attached hydrogen (secondary N) is 1. The second-order valence-electron chi connectivity index (χ2n) is 4.80. The van der Waals surface area contributed by atoms with Gasteiger partial charge in [-0.05, 0) is 38.1 Å². The maximum absolute atomic E-state index is 13.3. The van der Waals surface area contributed by atoms with Crippen LogP contribution >= 0.6 is 0 Å². The van der Waals surface area contributed by atoms with Crippen LogP contribution in [0.5, 0.6) is 0 Å². The van der Waals surface area contributed by atoms with E-state index in [0.29, 0.717) is 31.6 Å². The Bertz CT molecular complexity index is 553. The van der Waals surface area contributed by atoms with Gasteiger partial charge in [-0.25, -0.2) is 13.8 Å². The van der Waals surface area contributed by atoms with Gasteiger partial charge < -0.3 is 10.2 Å². The number of halogens is 2. The van der Waals surface area contributed by atoms with Crippen LogP contribution in [0.25, 0.3) is 0 Å². The summed E-state index contributed by atoms with van der Waals surface area (Å²) in [7, 11) is 0. The van der Waals surface area contributed by atoms with Crippen LogP contribution in [0.2, 0.25) is 0 Å². The number of amides is 1. The van der Waals surface area contributed by atoms with Crippen molar-refractivity contribution in [2.75, 3.05) is 18.0 Å². The molecule has 2 aliphatic heterocycles. The number of carbonyl (C=O) groups is 1. The van der Waals surface area contributed by atoms with Crippen molar-refractivity contribution in [1.29, 1.82) is 0 Å². The maximum atomic E-state index is 13.3. The minimum Gasteiger partial charge on any atom is -0.317 e. The number of anilines is 1. The minimum absolute atomic E-state index is 0.210. The molecule has 0 bridgehead atoms. The fourth-order valence-corrected chi connectivity index (χ4v) is 2.69. The first kappa shape index (κ1) is 12.2. The first-order valence-corrected chi connectivity index (χ1v) is 6.17. The second kappa shape index (κ2) is 4.38. The highest BCUT2D eigenvalue weighted by Gasteiger charge is 2.47. The van der Waals surface area contributed by atoms with Gasteiger partial charge in [0.15, 0.2) is 11.6 Å². The van der Waals surface area contributed by atoms with Gasteiger partial charge >= 0.3 is 0 Å².